The summed E-state index contributed by atoms with van der Waals surface area (Å²) in [6.45, 7) is 0. The molecule has 2 aliphatic rings. The van der Waals surface area contributed by atoms with Gasteiger partial charge in [0.1, 0.15) is 5.54 Å². The molecule has 1 aromatic rings. The van der Waals surface area contributed by atoms with Crippen LogP contribution in [-0.2, 0) is 17.6 Å². The molecule has 1 aromatic carbocycles. The predicted octanol–water partition coefficient (Wildman–Crippen LogP) is 1.33. The van der Waals surface area contributed by atoms with Crippen LogP contribution in [0.15, 0.2) is 18.2 Å². The first kappa shape index (κ1) is 12.4. The number of hydrogen-bond acceptors (Lipinski definition) is 3. The molecule has 7 heteroatoms. The molecule has 1 unspecified atom stereocenters. The van der Waals surface area contributed by atoms with Crippen molar-refractivity contribution in [2.45, 2.75) is 18.4 Å². The van der Waals surface area contributed by atoms with Crippen LogP contribution in [0.4, 0.5) is 15.3 Å². The minimum absolute atomic E-state index is 0.169. The number of urea groups is 1. The number of amides is 4. The molecule has 0 saturated carbocycles. The van der Waals surface area contributed by atoms with Crippen molar-refractivity contribution in [1.82, 2.24) is 10.6 Å². The van der Waals surface area contributed by atoms with Gasteiger partial charge >= 0.3 is 6.03 Å². The van der Waals surface area contributed by atoms with Gasteiger partial charge in [-0.05, 0) is 23.3 Å². The van der Waals surface area contributed by atoms with Crippen LogP contribution in [-0.4, -0.2) is 21.4 Å². The second-order valence-electron chi connectivity index (χ2n) is 4.73. The Morgan fingerprint density at radius 1 is 1.26 bits per heavy atom. The number of halogens is 1. The summed E-state index contributed by atoms with van der Waals surface area (Å²) in [7, 11) is 0. The van der Waals surface area contributed by atoms with Crippen LogP contribution in [0, 0.1) is 0 Å². The molecule has 0 radical (unpaired) electrons. The number of carbonyl (C=O) groups is 3. The van der Waals surface area contributed by atoms with E-state index >= 15 is 0 Å². The lowest BCUT2D eigenvalue weighted by Crippen LogP contribution is -2.47. The molecule has 1 aliphatic heterocycles. The quantitative estimate of drug-likeness (QED) is 0.301. The third-order valence-electron chi connectivity index (χ3n) is 3.45. The SMILES string of the molecule is O=C(I)Nc1ccc2c(c1)CC1(C2)NC(=O)NC1=O. The summed E-state index contributed by atoms with van der Waals surface area (Å²) in [5.41, 5.74) is 1.83. The van der Waals surface area contributed by atoms with Gasteiger partial charge in [-0.2, -0.15) is 0 Å². The van der Waals surface area contributed by atoms with E-state index in [9.17, 15) is 14.4 Å². The fourth-order valence-electron chi connectivity index (χ4n) is 2.64. The maximum absolute atomic E-state index is 11.9. The number of nitrogens with one attached hydrogen (secondary N) is 3. The molecule has 1 atom stereocenters. The Bertz CT molecular complexity index is 616. The zero-order chi connectivity index (χ0) is 13.6. The van der Waals surface area contributed by atoms with E-state index in [2.05, 4.69) is 16.0 Å². The molecule has 1 fully saturated rings. The number of anilines is 1. The Morgan fingerprint density at radius 2 is 2.00 bits per heavy atom. The topological polar surface area (TPSA) is 87.3 Å². The van der Waals surface area contributed by atoms with E-state index in [0.717, 1.165) is 11.1 Å². The van der Waals surface area contributed by atoms with Gasteiger partial charge in [-0.25, -0.2) is 4.79 Å². The number of fused-ring (bicyclic) bond motifs is 1. The van der Waals surface area contributed by atoms with Gasteiger partial charge in [0.05, 0.1) is 0 Å². The molecular formula is C12H10IN3O3. The normalized spacial score (nSPS) is 24.1. The third kappa shape index (κ3) is 2.07. The summed E-state index contributed by atoms with van der Waals surface area (Å²) in [4.78, 5) is 34.2. The van der Waals surface area contributed by atoms with Crippen LogP contribution in [0.2, 0.25) is 0 Å². The minimum Gasteiger partial charge on any atom is -0.323 e. The van der Waals surface area contributed by atoms with E-state index in [0.29, 0.717) is 18.5 Å². The number of carbonyl (C=O) groups excluding carboxylic acids is 3. The van der Waals surface area contributed by atoms with Crippen LogP contribution >= 0.6 is 22.6 Å². The lowest BCUT2D eigenvalue weighted by atomic mass is 9.96. The van der Waals surface area contributed by atoms with Gasteiger partial charge in [-0.15, -0.1) is 0 Å². The van der Waals surface area contributed by atoms with Crippen molar-refractivity contribution in [3.8, 4) is 0 Å². The number of rotatable bonds is 1. The molecule has 19 heavy (non-hydrogen) atoms. The maximum atomic E-state index is 11.9. The minimum atomic E-state index is -0.855. The molecule has 3 rings (SSSR count). The van der Waals surface area contributed by atoms with Crippen LogP contribution in [0.1, 0.15) is 11.1 Å². The van der Waals surface area contributed by atoms with E-state index in [-0.39, 0.29) is 9.82 Å². The summed E-state index contributed by atoms with van der Waals surface area (Å²) in [5, 5.41) is 7.66. The molecule has 1 saturated heterocycles. The Labute approximate surface area is 122 Å². The Kier molecular flexibility index (Phi) is 2.73. The van der Waals surface area contributed by atoms with Gasteiger partial charge in [0, 0.05) is 41.1 Å². The lowest BCUT2D eigenvalue weighted by molar-refractivity contribution is -0.123. The van der Waals surface area contributed by atoms with Crippen LogP contribution < -0.4 is 16.0 Å². The van der Waals surface area contributed by atoms with Crippen molar-refractivity contribution in [1.29, 1.82) is 0 Å². The zero-order valence-corrected chi connectivity index (χ0v) is 11.9. The number of hydrogen-bond donors (Lipinski definition) is 3. The van der Waals surface area contributed by atoms with Crippen molar-refractivity contribution >= 4 is 44.1 Å². The molecule has 4 amide bonds. The van der Waals surface area contributed by atoms with Gasteiger partial charge in [-0.3, -0.25) is 14.9 Å². The average Bonchev–Trinajstić information content (AvgIpc) is 2.78. The van der Waals surface area contributed by atoms with Gasteiger partial charge in [-0.1, -0.05) is 6.07 Å². The molecule has 1 aliphatic carbocycles. The van der Waals surface area contributed by atoms with Crippen molar-refractivity contribution in [2.24, 2.45) is 0 Å². The number of imide groups is 1. The van der Waals surface area contributed by atoms with Crippen LogP contribution in [0.3, 0.4) is 0 Å². The molecule has 1 spiro atoms. The van der Waals surface area contributed by atoms with E-state index in [1.165, 1.54) is 0 Å². The van der Waals surface area contributed by atoms with Crippen molar-refractivity contribution in [3.05, 3.63) is 29.3 Å². The molecular weight excluding hydrogens is 361 g/mol. The molecule has 3 N–H and O–H groups in total. The average molecular weight is 371 g/mol. The largest absolute Gasteiger partial charge is 0.323 e. The molecule has 6 nitrogen and oxygen atoms in total. The summed E-state index contributed by atoms with van der Waals surface area (Å²) in [5.74, 6) is -0.284. The third-order valence-corrected chi connectivity index (χ3v) is 3.72. The Hall–Kier alpha value is -1.64. The van der Waals surface area contributed by atoms with Crippen molar-refractivity contribution in [3.63, 3.8) is 0 Å². The van der Waals surface area contributed by atoms with Gasteiger partial charge in [0.25, 0.3) is 9.82 Å². The maximum Gasteiger partial charge on any atom is 0.322 e. The Balaban J connectivity index is 1.90. The predicted molar refractivity (Wildman–Crippen MR) is 76.3 cm³/mol. The first-order valence-electron chi connectivity index (χ1n) is 5.70. The highest BCUT2D eigenvalue weighted by Gasteiger charge is 2.49. The second kappa shape index (κ2) is 4.19. The van der Waals surface area contributed by atoms with Crippen LogP contribution in [0.25, 0.3) is 0 Å². The smallest absolute Gasteiger partial charge is 0.322 e. The van der Waals surface area contributed by atoms with Crippen LogP contribution in [0.5, 0.6) is 0 Å². The highest BCUT2D eigenvalue weighted by molar-refractivity contribution is 14.1. The fraction of sp³-hybridized carbons (Fsp3) is 0.250. The van der Waals surface area contributed by atoms with E-state index in [1.54, 1.807) is 28.7 Å². The van der Waals surface area contributed by atoms with Gasteiger partial charge in [0.2, 0.25) is 0 Å². The lowest BCUT2D eigenvalue weighted by Gasteiger charge is -2.18. The summed E-state index contributed by atoms with van der Waals surface area (Å²) in [6, 6.07) is 5.07. The summed E-state index contributed by atoms with van der Waals surface area (Å²) in [6.07, 6.45) is 0.934. The van der Waals surface area contributed by atoms with E-state index < -0.39 is 11.6 Å². The first-order chi connectivity index (χ1) is 8.98. The zero-order valence-electron chi connectivity index (χ0n) is 9.75. The van der Waals surface area contributed by atoms with E-state index in [4.69, 9.17) is 0 Å². The highest BCUT2D eigenvalue weighted by Crippen LogP contribution is 2.33. The molecule has 0 aromatic heterocycles. The Morgan fingerprint density at radius 3 is 2.63 bits per heavy atom. The molecule has 98 valence electrons. The molecule has 1 heterocycles. The first-order valence-corrected chi connectivity index (χ1v) is 6.78. The van der Waals surface area contributed by atoms with Crippen molar-refractivity contribution in [2.75, 3.05) is 5.32 Å². The summed E-state index contributed by atoms with van der Waals surface area (Å²) >= 11 is 1.66. The fourth-order valence-corrected chi connectivity index (χ4v) is 2.96. The second-order valence-corrected chi connectivity index (χ2v) is 5.71. The monoisotopic (exact) mass is 371 g/mol. The van der Waals surface area contributed by atoms with E-state index in [1.807, 2.05) is 12.1 Å². The molecule has 0 bridgehead atoms. The highest BCUT2D eigenvalue weighted by atomic mass is 127. The summed E-state index contributed by atoms with van der Waals surface area (Å²) < 4.78 is -0.169. The number of benzene rings is 1. The van der Waals surface area contributed by atoms with Crippen molar-refractivity contribution < 1.29 is 14.4 Å². The van der Waals surface area contributed by atoms with Gasteiger partial charge < -0.3 is 10.6 Å². The van der Waals surface area contributed by atoms with Gasteiger partial charge in [0.15, 0.2) is 0 Å². The standard InChI is InChI=1S/C12H10IN3O3/c13-10(18)14-8-2-1-6-4-12(5-7(6)3-8)9(17)15-11(19)16-12/h1-3H,4-5H2,(H,14,18)(H2,15,16,17,19).